The van der Waals surface area contributed by atoms with Crippen molar-refractivity contribution in [2.75, 3.05) is 11.9 Å². The minimum Gasteiger partial charge on any atom is -0.406 e. The van der Waals surface area contributed by atoms with E-state index in [1.165, 1.54) is 37.1 Å². The standard InChI is InChI=1S/C20H22F3N3O2.HI/c21-20(22,23)28-9-3-1-8(2-4-9)26-18(24)25-7-19(27)16-11-6-12-14-10(11)5-13(16)15(14)17(12)19;/h1-4,10-17,27H,5-7H2,(H3,24,25,26);1H. The van der Waals surface area contributed by atoms with Crippen molar-refractivity contribution in [1.82, 2.24) is 0 Å². The molecule has 2 bridgehead atoms. The molecule has 1 aromatic carbocycles. The monoisotopic (exact) mass is 521 g/mol. The number of nitrogens with zero attached hydrogens (tertiary/aromatic N) is 1. The van der Waals surface area contributed by atoms with Gasteiger partial charge in [0.25, 0.3) is 0 Å². The fraction of sp³-hybridized carbons (Fsp3) is 0.650. The van der Waals surface area contributed by atoms with Gasteiger partial charge >= 0.3 is 6.36 Å². The first-order chi connectivity index (χ1) is 13.3. The molecule has 9 heteroatoms. The van der Waals surface area contributed by atoms with Crippen molar-refractivity contribution >= 4 is 35.6 Å². The predicted octanol–water partition coefficient (Wildman–Crippen LogP) is 3.44. The number of anilines is 1. The number of alkyl halides is 3. The molecule has 9 atom stereocenters. The molecule has 0 aromatic heterocycles. The van der Waals surface area contributed by atoms with Crippen LogP contribution in [0.3, 0.4) is 0 Å². The third kappa shape index (κ3) is 2.58. The van der Waals surface area contributed by atoms with Gasteiger partial charge in [-0.2, -0.15) is 0 Å². The van der Waals surface area contributed by atoms with Crippen molar-refractivity contribution in [3.05, 3.63) is 24.3 Å². The highest BCUT2D eigenvalue weighted by Gasteiger charge is 2.84. The number of hydrogen-bond acceptors (Lipinski definition) is 3. The van der Waals surface area contributed by atoms with Crippen molar-refractivity contribution in [1.29, 1.82) is 0 Å². The lowest BCUT2D eigenvalue weighted by Gasteiger charge is -2.51. The molecule has 5 fully saturated rings. The molecule has 4 N–H and O–H groups in total. The number of benzene rings is 1. The van der Waals surface area contributed by atoms with E-state index in [1.807, 2.05) is 0 Å². The lowest BCUT2D eigenvalue weighted by atomic mass is 9.56. The number of halogens is 4. The summed E-state index contributed by atoms with van der Waals surface area (Å²) >= 11 is 0. The summed E-state index contributed by atoms with van der Waals surface area (Å²) in [4.78, 5) is 4.42. The first kappa shape index (κ1) is 19.7. The van der Waals surface area contributed by atoms with E-state index in [9.17, 15) is 18.3 Å². The van der Waals surface area contributed by atoms with Crippen LogP contribution in [-0.4, -0.2) is 29.6 Å². The van der Waals surface area contributed by atoms with Crippen LogP contribution in [0.15, 0.2) is 29.3 Å². The normalized spacial score (nSPS) is 45.3. The van der Waals surface area contributed by atoms with Crippen LogP contribution >= 0.6 is 24.0 Å². The lowest BCUT2D eigenvalue weighted by molar-refractivity contribution is -0.274. The second kappa shape index (κ2) is 6.15. The zero-order chi connectivity index (χ0) is 19.4. The molecule has 5 saturated carbocycles. The first-order valence-electron chi connectivity index (χ1n) is 9.91. The molecule has 0 heterocycles. The van der Waals surface area contributed by atoms with Gasteiger partial charge in [0.05, 0.1) is 12.1 Å². The smallest absolute Gasteiger partial charge is 0.406 e. The third-order valence-corrected chi connectivity index (χ3v) is 8.38. The molecule has 5 aliphatic rings. The Morgan fingerprint density at radius 1 is 1.10 bits per heavy atom. The van der Waals surface area contributed by atoms with Gasteiger partial charge in [-0.1, -0.05) is 0 Å². The predicted molar refractivity (Wildman–Crippen MR) is 111 cm³/mol. The second-order valence-electron chi connectivity index (χ2n) is 9.22. The Bertz CT molecular complexity index is 858. The summed E-state index contributed by atoms with van der Waals surface area (Å²) in [5, 5.41) is 14.4. The Morgan fingerprint density at radius 3 is 2.45 bits per heavy atom. The Hall–Kier alpha value is -1.23. The van der Waals surface area contributed by atoms with Gasteiger partial charge in [-0.25, -0.2) is 0 Å². The number of ether oxygens (including phenoxy) is 1. The maximum absolute atomic E-state index is 12.2. The molecule has 0 saturated heterocycles. The van der Waals surface area contributed by atoms with Crippen molar-refractivity contribution < 1.29 is 23.0 Å². The number of nitrogens with two attached hydrogens (primary N) is 1. The van der Waals surface area contributed by atoms with Crippen molar-refractivity contribution in [2.24, 2.45) is 58.1 Å². The van der Waals surface area contributed by atoms with Crippen LogP contribution in [0.2, 0.25) is 0 Å². The number of nitrogens with one attached hydrogen (secondary N) is 1. The number of guanidine groups is 1. The van der Waals surface area contributed by atoms with E-state index in [0.717, 1.165) is 11.8 Å². The van der Waals surface area contributed by atoms with Crippen LogP contribution in [-0.2, 0) is 0 Å². The maximum Gasteiger partial charge on any atom is 0.573 e. The number of fused-ring (bicyclic) bond motifs is 2. The topological polar surface area (TPSA) is 79.9 Å². The van der Waals surface area contributed by atoms with E-state index in [-0.39, 0.29) is 35.7 Å². The molecule has 0 amide bonds. The SMILES string of the molecule is I.NC(=NCC1(O)C2C3CC4C5C3CC2C5C41)Nc1ccc(OC(F)(F)F)cc1. The molecule has 6 rings (SSSR count). The second-order valence-corrected chi connectivity index (χ2v) is 9.22. The summed E-state index contributed by atoms with van der Waals surface area (Å²) in [6.07, 6.45) is -2.13. The largest absolute Gasteiger partial charge is 0.573 e. The van der Waals surface area contributed by atoms with E-state index in [4.69, 9.17) is 5.73 Å². The zero-order valence-corrected chi connectivity index (χ0v) is 17.8. The van der Waals surface area contributed by atoms with Crippen molar-refractivity contribution in [3.63, 3.8) is 0 Å². The molecule has 158 valence electrons. The minimum atomic E-state index is -4.72. The molecule has 5 aliphatic carbocycles. The van der Waals surface area contributed by atoms with Crippen LogP contribution in [0.5, 0.6) is 5.75 Å². The van der Waals surface area contributed by atoms with Crippen molar-refractivity contribution in [3.8, 4) is 5.75 Å². The Labute approximate surface area is 183 Å². The fourth-order valence-corrected chi connectivity index (χ4v) is 8.07. The molecule has 0 radical (unpaired) electrons. The summed E-state index contributed by atoms with van der Waals surface area (Å²) in [6, 6.07) is 5.32. The minimum absolute atomic E-state index is 0. The maximum atomic E-state index is 12.2. The fourth-order valence-electron chi connectivity index (χ4n) is 8.07. The van der Waals surface area contributed by atoms with E-state index in [0.29, 0.717) is 47.7 Å². The molecule has 0 aliphatic heterocycles. The van der Waals surface area contributed by atoms with Gasteiger partial charge in [-0.05, 0) is 84.5 Å². The van der Waals surface area contributed by atoms with Gasteiger partial charge in [0, 0.05) is 5.69 Å². The summed E-state index contributed by atoms with van der Waals surface area (Å²) < 4.78 is 40.5. The molecular formula is C20H23F3IN3O2. The van der Waals surface area contributed by atoms with E-state index >= 15 is 0 Å². The summed E-state index contributed by atoms with van der Waals surface area (Å²) in [5.74, 6) is 5.06. The van der Waals surface area contributed by atoms with Crippen molar-refractivity contribution in [2.45, 2.75) is 24.8 Å². The summed E-state index contributed by atoms with van der Waals surface area (Å²) in [6.45, 7) is 0.301. The van der Waals surface area contributed by atoms with Gasteiger partial charge < -0.3 is 20.9 Å². The van der Waals surface area contributed by atoms with Gasteiger partial charge in [-0.3, -0.25) is 4.99 Å². The van der Waals surface area contributed by atoms with Gasteiger partial charge in [-0.15, -0.1) is 37.1 Å². The number of aliphatic hydroxyl groups is 1. The highest BCUT2D eigenvalue weighted by atomic mass is 127. The molecule has 1 aromatic rings. The van der Waals surface area contributed by atoms with Gasteiger partial charge in [0.1, 0.15) is 5.75 Å². The molecule has 9 unspecified atom stereocenters. The van der Waals surface area contributed by atoms with Crippen LogP contribution < -0.4 is 15.8 Å². The summed E-state index contributed by atoms with van der Waals surface area (Å²) in [7, 11) is 0. The zero-order valence-electron chi connectivity index (χ0n) is 15.5. The van der Waals surface area contributed by atoms with Gasteiger partial charge in [0.2, 0.25) is 0 Å². The average molecular weight is 521 g/mol. The van der Waals surface area contributed by atoms with Gasteiger partial charge in [0.15, 0.2) is 5.96 Å². The van der Waals surface area contributed by atoms with Crippen LogP contribution in [0.1, 0.15) is 12.8 Å². The Balaban J connectivity index is 0.00000181. The highest BCUT2D eigenvalue weighted by Crippen LogP contribution is 2.85. The van der Waals surface area contributed by atoms with E-state index in [1.54, 1.807) is 0 Å². The van der Waals surface area contributed by atoms with E-state index < -0.39 is 12.0 Å². The highest BCUT2D eigenvalue weighted by molar-refractivity contribution is 14.0. The molecule has 0 spiro atoms. The Kier molecular flexibility index (Phi) is 4.18. The molecular weight excluding hydrogens is 498 g/mol. The number of aliphatic imine (C=N–C) groups is 1. The van der Waals surface area contributed by atoms with Crippen LogP contribution in [0.25, 0.3) is 0 Å². The van der Waals surface area contributed by atoms with Crippen LogP contribution in [0, 0.1) is 47.3 Å². The molecule has 29 heavy (non-hydrogen) atoms. The lowest BCUT2D eigenvalue weighted by Crippen LogP contribution is -2.56. The Morgan fingerprint density at radius 2 is 1.76 bits per heavy atom. The average Bonchev–Trinajstić information content (AvgIpc) is 3.12. The van der Waals surface area contributed by atoms with E-state index in [2.05, 4.69) is 15.0 Å². The summed E-state index contributed by atoms with van der Waals surface area (Å²) in [5.41, 5.74) is 5.77. The quantitative estimate of drug-likeness (QED) is 0.323. The number of hydrogen-bond donors (Lipinski definition) is 3. The number of rotatable bonds is 4. The first-order valence-corrected chi connectivity index (χ1v) is 9.91. The molecule has 5 nitrogen and oxygen atoms in total. The third-order valence-electron chi connectivity index (χ3n) is 8.38. The van der Waals surface area contributed by atoms with Crippen LogP contribution in [0.4, 0.5) is 18.9 Å².